The third-order valence-corrected chi connectivity index (χ3v) is 7.03. The van der Waals surface area contributed by atoms with Crippen molar-refractivity contribution in [2.75, 3.05) is 25.5 Å². The van der Waals surface area contributed by atoms with Gasteiger partial charge in [-0.2, -0.15) is 0 Å². The number of esters is 1. The molecule has 2 aromatic carbocycles. The summed E-state index contributed by atoms with van der Waals surface area (Å²) < 4.78 is 31.4. The zero-order chi connectivity index (χ0) is 21.7. The van der Waals surface area contributed by atoms with Gasteiger partial charge in [0.05, 0.1) is 18.4 Å². The van der Waals surface area contributed by atoms with Crippen molar-refractivity contribution in [1.29, 1.82) is 0 Å². The van der Waals surface area contributed by atoms with Crippen LogP contribution in [0.15, 0.2) is 42.5 Å². The predicted octanol–water partition coefficient (Wildman–Crippen LogP) is 3.35. The van der Waals surface area contributed by atoms with E-state index in [9.17, 15) is 18.0 Å². The second kappa shape index (κ2) is 9.40. The van der Waals surface area contributed by atoms with Gasteiger partial charge in [-0.25, -0.2) is 17.5 Å². The van der Waals surface area contributed by atoms with Gasteiger partial charge in [0.25, 0.3) is 5.91 Å². The Hall–Kier alpha value is -2.71. The topological polar surface area (TPSA) is 92.8 Å². The Kier molecular flexibility index (Phi) is 6.89. The van der Waals surface area contributed by atoms with E-state index in [2.05, 4.69) is 5.32 Å². The van der Waals surface area contributed by atoms with Gasteiger partial charge in [-0.3, -0.25) is 4.79 Å². The molecular weight excluding hydrogens is 404 g/mol. The average molecular weight is 431 g/mol. The molecule has 0 unspecified atom stereocenters. The fourth-order valence-electron chi connectivity index (χ4n) is 3.39. The number of amides is 1. The van der Waals surface area contributed by atoms with Gasteiger partial charge in [0, 0.05) is 24.3 Å². The lowest BCUT2D eigenvalue weighted by atomic mass is 10.1. The molecule has 1 heterocycles. The van der Waals surface area contributed by atoms with Crippen LogP contribution in [0.3, 0.4) is 0 Å². The Balaban J connectivity index is 1.69. The van der Waals surface area contributed by atoms with E-state index in [-0.39, 0.29) is 11.7 Å². The molecule has 1 saturated heterocycles. The molecule has 0 aromatic heterocycles. The van der Waals surface area contributed by atoms with Crippen molar-refractivity contribution < 1.29 is 22.7 Å². The van der Waals surface area contributed by atoms with E-state index in [4.69, 9.17) is 4.74 Å². The van der Waals surface area contributed by atoms with Crippen LogP contribution in [-0.4, -0.2) is 44.8 Å². The van der Waals surface area contributed by atoms with Gasteiger partial charge in [-0.1, -0.05) is 24.6 Å². The molecule has 0 saturated carbocycles. The molecular formula is C22H26N2O5S. The highest BCUT2D eigenvalue weighted by Crippen LogP contribution is 2.20. The molecule has 0 radical (unpaired) electrons. The lowest BCUT2D eigenvalue weighted by Gasteiger charge is -2.25. The lowest BCUT2D eigenvalue weighted by Crippen LogP contribution is -2.36. The van der Waals surface area contributed by atoms with Crippen LogP contribution in [0.25, 0.3) is 0 Å². The number of anilines is 1. The normalized spacial score (nSPS) is 14.9. The van der Waals surface area contributed by atoms with E-state index in [0.717, 1.165) is 24.8 Å². The van der Waals surface area contributed by atoms with Crippen LogP contribution in [0, 0.1) is 6.92 Å². The maximum atomic E-state index is 12.6. The number of rotatable bonds is 6. The highest BCUT2D eigenvalue weighted by Gasteiger charge is 2.24. The summed E-state index contributed by atoms with van der Waals surface area (Å²) in [6.45, 7) is 2.98. The van der Waals surface area contributed by atoms with Gasteiger partial charge in [0.1, 0.15) is 0 Å². The first-order valence-electron chi connectivity index (χ1n) is 9.87. The highest BCUT2D eigenvalue weighted by atomic mass is 32.2. The molecule has 1 fully saturated rings. The number of sulfonamides is 1. The van der Waals surface area contributed by atoms with E-state index < -0.39 is 16.0 Å². The molecule has 7 nitrogen and oxygen atoms in total. The standard InChI is InChI=1S/C22H26N2O5S/c1-16-6-9-19(22(26)29-2)14-20(16)23-21(25)18-10-7-17(8-11-18)15-30(27,28)24-12-4-3-5-13-24/h6-11,14H,3-5,12-13,15H2,1-2H3,(H,23,25). The molecule has 2 aromatic rings. The Morgan fingerprint density at radius 3 is 2.27 bits per heavy atom. The first-order valence-corrected chi connectivity index (χ1v) is 11.5. The number of piperidine rings is 1. The molecule has 0 bridgehead atoms. The van der Waals surface area contributed by atoms with Crippen LogP contribution in [0.4, 0.5) is 5.69 Å². The minimum Gasteiger partial charge on any atom is -0.465 e. The van der Waals surface area contributed by atoms with Crippen molar-refractivity contribution in [2.24, 2.45) is 0 Å². The summed E-state index contributed by atoms with van der Waals surface area (Å²) in [6.07, 6.45) is 2.86. The molecule has 1 N–H and O–H groups in total. The summed E-state index contributed by atoms with van der Waals surface area (Å²) >= 11 is 0. The summed E-state index contributed by atoms with van der Waals surface area (Å²) in [5.74, 6) is -0.898. The monoisotopic (exact) mass is 430 g/mol. The maximum Gasteiger partial charge on any atom is 0.337 e. The molecule has 1 aliphatic heterocycles. The smallest absolute Gasteiger partial charge is 0.337 e. The predicted molar refractivity (Wildman–Crippen MR) is 115 cm³/mol. The lowest BCUT2D eigenvalue weighted by molar-refractivity contribution is 0.0600. The molecule has 30 heavy (non-hydrogen) atoms. The van der Waals surface area contributed by atoms with Crippen molar-refractivity contribution in [1.82, 2.24) is 4.31 Å². The maximum absolute atomic E-state index is 12.6. The number of hydrogen-bond donors (Lipinski definition) is 1. The van der Waals surface area contributed by atoms with Crippen LogP contribution in [-0.2, 0) is 20.5 Å². The van der Waals surface area contributed by atoms with Crippen LogP contribution in [0.2, 0.25) is 0 Å². The molecule has 160 valence electrons. The number of ether oxygens (including phenoxy) is 1. The summed E-state index contributed by atoms with van der Waals surface area (Å²) in [5.41, 5.74) is 2.70. The number of carbonyl (C=O) groups is 2. The second-order valence-electron chi connectivity index (χ2n) is 7.39. The Bertz CT molecular complexity index is 1030. The fraction of sp³-hybridized carbons (Fsp3) is 0.364. The first kappa shape index (κ1) is 22.0. The third kappa shape index (κ3) is 5.25. The SMILES string of the molecule is COC(=O)c1ccc(C)c(NC(=O)c2ccc(CS(=O)(=O)N3CCCCC3)cc2)c1. The number of carbonyl (C=O) groups excluding carboxylic acids is 2. The van der Waals surface area contributed by atoms with Crippen molar-refractivity contribution >= 4 is 27.6 Å². The van der Waals surface area contributed by atoms with Gasteiger partial charge in [-0.15, -0.1) is 0 Å². The quantitative estimate of drug-likeness (QED) is 0.710. The Labute approximate surface area is 177 Å². The molecule has 8 heteroatoms. The summed E-state index contributed by atoms with van der Waals surface area (Å²) in [7, 11) is -2.05. The number of methoxy groups -OCH3 is 1. The van der Waals surface area contributed by atoms with Crippen LogP contribution < -0.4 is 5.32 Å². The Morgan fingerprint density at radius 1 is 1.00 bits per heavy atom. The van der Waals surface area contributed by atoms with Crippen molar-refractivity contribution in [3.8, 4) is 0 Å². The van der Waals surface area contributed by atoms with E-state index in [1.54, 1.807) is 46.8 Å². The van der Waals surface area contributed by atoms with E-state index in [1.807, 2.05) is 6.92 Å². The number of benzene rings is 2. The van der Waals surface area contributed by atoms with E-state index in [0.29, 0.717) is 35.5 Å². The number of nitrogens with zero attached hydrogens (tertiary/aromatic N) is 1. The Morgan fingerprint density at radius 2 is 1.63 bits per heavy atom. The van der Waals surface area contributed by atoms with E-state index >= 15 is 0 Å². The van der Waals surface area contributed by atoms with E-state index in [1.165, 1.54) is 7.11 Å². The summed E-state index contributed by atoms with van der Waals surface area (Å²) in [6, 6.07) is 11.5. The fourth-order valence-corrected chi connectivity index (χ4v) is 5.00. The van der Waals surface area contributed by atoms with Gasteiger partial charge >= 0.3 is 5.97 Å². The van der Waals surface area contributed by atoms with Crippen LogP contribution >= 0.6 is 0 Å². The number of hydrogen-bond acceptors (Lipinski definition) is 5. The van der Waals surface area contributed by atoms with Crippen LogP contribution in [0.1, 0.15) is 51.1 Å². The van der Waals surface area contributed by atoms with Crippen molar-refractivity contribution in [2.45, 2.75) is 31.9 Å². The van der Waals surface area contributed by atoms with Crippen molar-refractivity contribution in [3.05, 3.63) is 64.7 Å². The molecule has 0 spiro atoms. The minimum absolute atomic E-state index is 0.0742. The zero-order valence-corrected chi connectivity index (χ0v) is 18.0. The highest BCUT2D eigenvalue weighted by molar-refractivity contribution is 7.88. The molecule has 0 aliphatic carbocycles. The minimum atomic E-state index is -3.35. The molecule has 1 aliphatic rings. The zero-order valence-electron chi connectivity index (χ0n) is 17.2. The third-order valence-electron chi connectivity index (χ3n) is 5.18. The first-order chi connectivity index (χ1) is 14.3. The average Bonchev–Trinajstić information content (AvgIpc) is 2.75. The molecule has 0 atom stereocenters. The molecule has 1 amide bonds. The summed E-state index contributed by atoms with van der Waals surface area (Å²) in [5, 5.41) is 2.79. The van der Waals surface area contributed by atoms with Crippen molar-refractivity contribution in [3.63, 3.8) is 0 Å². The van der Waals surface area contributed by atoms with Gasteiger partial charge in [0.15, 0.2) is 0 Å². The van der Waals surface area contributed by atoms with Gasteiger partial charge < -0.3 is 10.1 Å². The number of nitrogens with one attached hydrogen (secondary N) is 1. The number of aryl methyl sites for hydroxylation is 1. The molecule has 3 rings (SSSR count). The van der Waals surface area contributed by atoms with Crippen LogP contribution in [0.5, 0.6) is 0 Å². The van der Waals surface area contributed by atoms with Gasteiger partial charge in [0.2, 0.25) is 10.0 Å². The summed E-state index contributed by atoms with van der Waals surface area (Å²) in [4.78, 5) is 24.3. The largest absolute Gasteiger partial charge is 0.465 e. The second-order valence-corrected chi connectivity index (χ2v) is 9.36. The van der Waals surface area contributed by atoms with Gasteiger partial charge in [-0.05, 0) is 55.2 Å².